The predicted octanol–water partition coefficient (Wildman–Crippen LogP) is 2.97. The van der Waals surface area contributed by atoms with Crippen LogP contribution in [0.2, 0.25) is 0 Å². The van der Waals surface area contributed by atoms with E-state index in [1.54, 1.807) is 7.11 Å². The van der Waals surface area contributed by atoms with Gasteiger partial charge in [-0.05, 0) is 37.0 Å². The summed E-state index contributed by atoms with van der Waals surface area (Å²) in [6, 6.07) is 6.09. The second-order valence-corrected chi connectivity index (χ2v) is 5.59. The van der Waals surface area contributed by atoms with Crippen LogP contribution in [0.15, 0.2) is 22.7 Å². The third-order valence-electron chi connectivity index (χ3n) is 3.25. The molecule has 1 aliphatic heterocycles. The molecule has 1 aliphatic rings. The van der Waals surface area contributed by atoms with Gasteiger partial charge in [0, 0.05) is 29.7 Å². The molecule has 1 aromatic rings. The Bertz CT molecular complexity index is 378. The summed E-state index contributed by atoms with van der Waals surface area (Å²) < 4.78 is 11.9. The summed E-state index contributed by atoms with van der Waals surface area (Å²) in [5.41, 5.74) is 1.18. The van der Waals surface area contributed by atoms with Crippen LogP contribution in [0.25, 0.3) is 0 Å². The zero-order chi connectivity index (χ0) is 12.8. The van der Waals surface area contributed by atoms with Crippen molar-refractivity contribution in [3.8, 4) is 5.75 Å². The summed E-state index contributed by atoms with van der Waals surface area (Å²) in [7, 11) is 1.71. The van der Waals surface area contributed by atoms with Crippen molar-refractivity contribution in [2.75, 3.05) is 26.9 Å². The Morgan fingerprint density at radius 2 is 2.39 bits per heavy atom. The highest BCUT2D eigenvalue weighted by Gasteiger charge is 2.13. The van der Waals surface area contributed by atoms with Gasteiger partial charge < -0.3 is 14.8 Å². The molecule has 1 aromatic carbocycles. The lowest BCUT2D eigenvalue weighted by molar-refractivity contribution is 0.0547. The third kappa shape index (κ3) is 3.97. The number of methoxy groups -OCH3 is 1. The number of rotatable bonds is 5. The summed E-state index contributed by atoms with van der Waals surface area (Å²) in [4.78, 5) is 0. The minimum atomic E-state index is 0.650. The van der Waals surface area contributed by atoms with Gasteiger partial charge in [0.25, 0.3) is 0 Å². The fourth-order valence-electron chi connectivity index (χ4n) is 2.26. The van der Waals surface area contributed by atoms with Crippen molar-refractivity contribution in [1.82, 2.24) is 5.32 Å². The number of halogens is 1. The van der Waals surface area contributed by atoms with Crippen molar-refractivity contribution >= 4 is 15.9 Å². The summed E-state index contributed by atoms with van der Waals surface area (Å²) >= 11 is 3.49. The van der Waals surface area contributed by atoms with Crippen LogP contribution in [0.5, 0.6) is 5.75 Å². The molecule has 1 heterocycles. The van der Waals surface area contributed by atoms with E-state index in [1.165, 1.54) is 18.4 Å². The lowest BCUT2D eigenvalue weighted by atomic mass is 10.0. The number of ether oxygens (including phenoxy) is 2. The molecule has 0 aliphatic carbocycles. The largest absolute Gasteiger partial charge is 0.496 e. The van der Waals surface area contributed by atoms with Crippen LogP contribution in [0, 0.1) is 5.92 Å². The Kier molecular flexibility index (Phi) is 5.47. The zero-order valence-electron chi connectivity index (χ0n) is 10.7. The number of hydrogen-bond donors (Lipinski definition) is 1. The van der Waals surface area contributed by atoms with Gasteiger partial charge in [0.2, 0.25) is 0 Å². The lowest BCUT2D eigenvalue weighted by Crippen LogP contribution is -2.28. The minimum absolute atomic E-state index is 0.650. The molecule has 0 spiro atoms. The summed E-state index contributed by atoms with van der Waals surface area (Å²) in [6.07, 6.45) is 2.45. The van der Waals surface area contributed by atoms with Gasteiger partial charge in [-0.3, -0.25) is 0 Å². The van der Waals surface area contributed by atoms with Gasteiger partial charge in [-0.25, -0.2) is 0 Å². The smallest absolute Gasteiger partial charge is 0.123 e. The number of nitrogens with one attached hydrogen (secondary N) is 1. The van der Waals surface area contributed by atoms with Crippen molar-refractivity contribution in [3.05, 3.63) is 28.2 Å². The van der Waals surface area contributed by atoms with Crippen molar-refractivity contribution < 1.29 is 9.47 Å². The highest BCUT2D eigenvalue weighted by molar-refractivity contribution is 9.10. The van der Waals surface area contributed by atoms with E-state index >= 15 is 0 Å². The molecule has 1 saturated heterocycles. The van der Waals surface area contributed by atoms with E-state index < -0.39 is 0 Å². The van der Waals surface area contributed by atoms with Gasteiger partial charge >= 0.3 is 0 Å². The summed E-state index contributed by atoms with van der Waals surface area (Å²) in [5, 5.41) is 3.49. The topological polar surface area (TPSA) is 30.5 Å². The average molecular weight is 314 g/mol. The third-order valence-corrected chi connectivity index (χ3v) is 3.74. The second kappa shape index (κ2) is 7.12. The molecule has 0 saturated carbocycles. The van der Waals surface area contributed by atoms with Crippen molar-refractivity contribution in [2.24, 2.45) is 5.92 Å². The molecular formula is C14H20BrNO2. The van der Waals surface area contributed by atoms with E-state index in [4.69, 9.17) is 9.47 Å². The minimum Gasteiger partial charge on any atom is -0.496 e. The first-order valence-corrected chi connectivity index (χ1v) is 7.20. The van der Waals surface area contributed by atoms with Gasteiger partial charge in [0.05, 0.1) is 13.7 Å². The molecule has 0 aromatic heterocycles. The first-order valence-electron chi connectivity index (χ1n) is 6.40. The maximum atomic E-state index is 5.48. The maximum absolute atomic E-state index is 5.48. The molecule has 18 heavy (non-hydrogen) atoms. The zero-order valence-corrected chi connectivity index (χ0v) is 12.3. The van der Waals surface area contributed by atoms with E-state index in [2.05, 4.69) is 27.3 Å². The van der Waals surface area contributed by atoms with Crippen LogP contribution >= 0.6 is 15.9 Å². The van der Waals surface area contributed by atoms with E-state index in [-0.39, 0.29) is 0 Å². The fourth-order valence-corrected chi connectivity index (χ4v) is 2.67. The standard InChI is InChI=1S/C14H20BrNO2/c1-17-14-5-4-13(15)7-12(14)9-16-8-11-3-2-6-18-10-11/h4-5,7,11,16H,2-3,6,8-10H2,1H3. The normalized spacial score (nSPS) is 19.8. The Hall–Kier alpha value is -0.580. The van der Waals surface area contributed by atoms with E-state index in [0.717, 1.165) is 36.5 Å². The van der Waals surface area contributed by atoms with Gasteiger partial charge in [-0.1, -0.05) is 15.9 Å². The van der Waals surface area contributed by atoms with Crippen LogP contribution in [-0.4, -0.2) is 26.9 Å². The van der Waals surface area contributed by atoms with Crippen LogP contribution in [0.4, 0.5) is 0 Å². The fraction of sp³-hybridized carbons (Fsp3) is 0.571. The van der Waals surface area contributed by atoms with Crippen molar-refractivity contribution in [2.45, 2.75) is 19.4 Å². The molecular weight excluding hydrogens is 294 g/mol. The SMILES string of the molecule is COc1ccc(Br)cc1CNCC1CCCOC1. The van der Waals surface area contributed by atoms with Gasteiger partial charge in [0.1, 0.15) is 5.75 Å². The molecule has 0 bridgehead atoms. The predicted molar refractivity (Wildman–Crippen MR) is 75.9 cm³/mol. The Labute approximate surface area is 117 Å². The molecule has 1 unspecified atom stereocenters. The number of benzene rings is 1. The van der Waals surface area contributed by atoms with Gasteiger partial charge in [0.15, 0.2) is 0 Å². The van der Waals surface area contributed by atoms with Gasteiger partial charge in [-0.15, -0.1) is 0 Å². The monoisotopic (exact) mass is 313 g/mol. The Morgan fingerprint density at radius 1 is 1.50 bits per heavy atom. The van der Waals surface area contributed by atoms with E-state index in [0.29, 0.717) is 5.92 Å². The molecule has 0 radical (unpaired) electrons. The molecule has 1 N–H and O–H groups in total. The van der Waals surface area contributed by atoms with Crippen molar-refractivity contribution in [3.63, 3.8) is 0 Å². The Morgan fingerprint density at radius 3 is 3.11 bits per heavy atom. The summed E-state index contributed by atoms with van der Waals surface area (Å²) in [6.45, 7) is 3.66. The van der Waals surface area contributed by atoms with Crippen LogP contribution in [0.3, 0.4) is 0 Å². The highest BCUT2D eigenvalue weighted by Crippen LogP contribution is 2.23. The molecule has 1 fully saturated rings. The second-order valence-electron chi connectivity index (χ2n) is 4.67. The first-order chi connectivity index (χ1) is 8.79. The van der Waals surface area contributed by atoms with Gasteiger partial charge in [-0.2, -0.15) is 0 Å². The molecule has 2 rings (SSSR count). The van der Waals surface area contributed by atoms with E-state index in [9.17, 15) is 0 Å². The van der Waals surface area contributed by atoms with E-state index in [1.807, 2.05) is 12.1 Å². The first kappa shape index (κ1) is 13.8. The molecule has 1 atom stereocenters. The molecule has 0 amide bonds. The lowest BCUT2D eigenvalue weighted by Gasteiger charge is -2.22. The quantitative estimate of drug-likeness (QED) is 0.906. The molecule has 100 valence electrons. The highest BCUT2D eigenvalue weighted by atomic mass is 79.9. The number of hydrogen-bond acceptors (Lipinski definition) is 3. The van der Waals surface area contributed by atoms with Crippen molar-refractivity contribution in [1.29, 1.82) is 0 Å². The molecule has 4 heteroatoms. The van der Waals surface area contributed by atoms with Crippen LogP contribution < -0.4 is 10.1 Å². The average Bonchev–Trinajstić information content (AvgIpc) is 2.40. The molecule has 3 nitrogen and oxygen atoms in total. The summed E-state index contributed by atoms with van der Waals surface area (Å²) in [5.74, 6) is 1.59. The maximum Gasteiger partial charge on any atom is 0.123 e. The Balaban J connectivity index is 1.83. The van der Waals surface area contributed by atoms with Crippen LogP contribution in [0.1, 0.15) is 18.4 Å². The van der Waals surface area contributed by atoms with Crippen LogP contribution in [-0.2, 0) is 11.3 Å².